The lowest BCUT2D eigenvalue weighted by Crippen LogP contribution is -2.44. The van der Waals surface area contributed by atoms with Crippen LogP contribution >= 0.6 is 22.6 Å². The quantitative estimate of drug-likeness (QED) is 0.145. The van der Waals surface area contributed by atoms with Gasteiger partial charge < -0.3 is 9.84 Å². The van der Waals surface area contributed by atoms with Crippen molar-refractivity contribution in [3.05, 3.63) is 116 Å². The van der Waals surface area contributed by atoms with Gasteiger partial charge in [0.1, 0.15) is 18.4 Å². The van der Waals surface area contributed by atoms with Crippen LogP contribution in [-0.4, -0.2) is 33.5 Å². The minimum absolute atomic E-state index is 0.344. The zero-order valence-electron chi connectivity index (χ0n) is 23.5. The first-order valence-corrected chi connectivity index (χ1v) is 15.1. The Balaban J connectivity index is 1.46. The van der Waals surface area contributed by atoms with Gasteiger partial charge in [-0.3, -0.25) is 14.7 Å². The molecular weight excluding hydrogens is 623 g/mol. The first kappa shape index (κ1) is 29.0. The van der Waals surface area contributed by atoms with Gasteiger partial charge in [-0.05, 0) is 107 Å². The lowest BCUT2D eigenvalue weighted by Gasteiger charge is -2.33. The van der Waals surface area contributed by atoms with E-state index < -0.39 is 12.0 Å². The maximum absolute atomic E-state index is 12.0. The van der Waals surface area contributed by atoms with E-state index >= 15 is 0 Å². The highest BCUT2D eigenvalue weighted by molar-refractivity contribution is 14.1. The molecule has 1 saturated heterocycles. The summed E-state index contributed by atoms with van der Waals surface area (Å²) in [4.78, 5) is 18.5. The molecule has 4 aromatic rings. The number of halogens is 1. The number of hydrogen-bond acceptors (Lipinski definition) is 4. The van der Waals surface area contributed by atoms with E-state index in [1.54, 1.807) is 6.20 Å². The fourth-order valence-electron chi connectivity index (χ4n) is 5.50. The predicted octanol–water partition coefficient (Wildman–Crippen LogP) is 8.16. The van der Waals surface area contributed by atoms with E-state index in [0.29, 0.717) is 19.6 Å². The van der Waals surface area contributed by atoms with Crippen LogP contribution in [0.2, 0.25) is 0 Å². The number of aryl methyl sites for hydroxylation is 1. The number of carboxylic acid groups (broad SMARTS) is 1. The second kappa shape index (κ2) is 13.4. The molecule has 0 amide bonds. The maximum atomic E-state index is 12.0. The van der Waals surface area contributed by atoms with Gasteiger partial charge in [0, 0.05) is 21.9 Å². The number of ether oxygens (including phenoxy) is 1. The van der Waals surface area contributed by atoms with Crippen molar-refractivity contribution in [3.63, 3.8) is 0 Å². The van der Waals surface area contributed by atoms with Crippen LogP contribution in [0, 0.1) is 17.4 Å². The molecule has 1 aliphatic rings. The molecule has 1 atom stereocenters. The summed E-state index contributed by atoms with van der Waals surface area (Å²) in [5, 5.41) is 9.83. The van der Waals surface area contributed by atoms with Crippen LogP contribution in [0.3, 0.4) is 0 Å². The normalized spacial score (nSPS) is 15.7. The van der Waals surface area contributed by atoms with E-state index in [9.17, 15) is 9.90 Å². The SMILES string of the molecule is Cc1cc(CN2CCCCC2C(=O)O)c(OCc2cc(I)ccn2)cc1C=Cc1cccc(-c2ccccc2)c1C. The summed E-state index contributed by atoms with van der Waals surface area (Å²) < 4.78 is 7.50. The van der Waals surface area contributed by atoms with E-state index in [-0.39, 0.29) is 0 Å². The zero-order chi connectivity index (χ0) is 28.8. The summed E-state index contributed by atoms with van der Waals surface area (Å²) in [6.45, 7) is 5.92. The molecule has 1 fully saturated rings. The van der Waals surface area contributed by atoms with Gasteiger partial charge in [0.2, 0.25) is 0 Å². The van der Waals surface area contributed by atoms with Gasteiger partial charge in [-0.25, -0.2) is 0 Å². The molecule has 1 aliphatic heterocycles. The van der Waals surface area contributed by atoms with E-state index in [1.807, 2.05) is 18.2 Å². The Kier molecular flexibility index (Phi) is 9.52. The fourth-order valence-corrected chi connectivity index (χ4v) is 6.02. The van der Waals surface area contributed by atoms with Crippen molar-refractivity contribution in [2.75, 3.05) is 6.54 Å². The zero-order valence-corrected chi connectivity index (χ0v) is 25.7. The standard InChI is InChI=1S/C35H35IN2O3/c1-24-19-29(22-38-18-7-6-13-33(38)35(39)40)34(41-23-31-21-30(36)16-17-37-31)20-28(24)15-14-26-11-8-12-32(25(26)2)27-9-4-3-5-10-27/h3-5,8-12,14-17,19-21,33H,6-7,13,18,22-23H2,1-2H3,(H,39,40). The smallest absolute Gasteiger partial charge is 0.320 e. The van der Waals surface area contributed by atoms with Gasteiger partial charge in [-0.2, -0.15) is 0 Å². The van der Waals surface area contributed by atoms with E-state index in [2.05, 4.69) is 113 Å². The molecule has 0 bridgehead atoms. The largest absolute Gasteiger partial charge is 0.487 e. The molecule has 210 valence electrons. The van der Waals surface area contributed by atoms with Gasteiger partial charge in [-0.1, -0.05) is 73.2 Å². The minimum atomic E-state index is -0.750. The van der Waals surface area contributed by atoms with Crippen molar-refractivity contribution in [1.82, 2.24) is 9.88 Å². The van der Waals surface area contributed by atoms with Crippen molar-refractivity contribution in [1.29, 1.82) is 0 Å². The number of pyridine rings is 1. The van der Waals surface area contributed by atoms with E-state index in [0.717, 1.165) is 56.7 Å². The van der Waals surface area contributed by atoms with Crippen molar-refractivity contribution in [2.45, 2.75) is 52.3 Å². The molecule has 0 saturated carbocycles. The number of nitrogens with zero attached hydrogens (tertiary/aromatic N) is 2. The average molecular weight is 659 g/mol. The highest BCUT2D eigenvalue weighted by atomic mass is 127. The van der Waals surface area contributed by atoms with Crippen LogP contribution in [0.4, 0.5) is 0 Å². The third-order valence-corrected chi connectivity index (χ3v) is 8.45. The third kappa shape index (κ3) is 7.24. The molecule has 0 aliphatic carbocycles. The summed E-state index contributed by atoms with van der Waals surface area (Å²) in [5.41, 5.74) is 8.87. The minimum Gasteiger partial charge on any atom is -0.487 e. The van der Waals surface area contributed by atoms with Gasteiger partial charge >= 0.3 is 5.97 Å². The summed E-state index contributed by atoms with van der Waals surface area (Å²) in [7, 11) is 0. The van der Waals surface area contributed by atoms with Crippen molar-refractivity contribution in [3.8, 4) is 16.9 Å². The number of aromatic nitrogens is 1. The Hall–Kier alpha value is -3.49. The Morgan fingerprint density at radius 3 is 2.61 bits per heavy atom. The number of piperidine rings is 1. The Morgan fingerprint density at radius 1 is 1.02 bits per heavy atom. The molecule has 3 aromatic carbocycles. The molecule has 0 spiro atoms. The van der Waals surface area contributed by atoms with Gasteiger partial charge in [-0.15, -0.1) is 0 Å². The highest BCUT2D eigenvalue weighted by Gasteiger charge is 2.29. The van der Waals surface area contributed by atoms with Crippen LogP contribution < -0.4 is 4.74 Å². The Labute approximate surface area is 256 Å². The summed E-state index contributed by atoms with van der Waals surface area (Å²) in [6, 6.07) is 24.6. The van der Waals surface area contributed by atoms with Crippen LogP contribution in [-0.2, 0) is 17.9 Å². The Morgan fingerprint density at radius 2 is 1.83 bits per heavy atom. The monoisotopic (exact) mass is 658 g/mol. The second-order valence-electron chi connectivity index (χ2n) is 10.6. The maximum Gasteiger partial charge on any atom is 0.320 e. The number of carbonyl (C=O) groups is 1. The summed E-state index contributed by atoms with van der Waals surface area (Å²) in [6.07, 6.45) is 8.74. The number of likely N-dealkylation sites (tertiary alicyclic amines) is 1. The third-order valence-electron chi connectivity index (χ3n) is 7.78. The molecule has 1 unspecified atom stereocenters. The van der Waals surface area contributed by atoms with Crippen LogP contribution in [0.1, 0.15) is 52.8 Å². The predicted molar refractivity (Wildman–Crippen MR) is 174 cm³/mol. The average Bonchev–Trinajstić information content (AvgIpc) is 2.97. The van der Waals surface area contributed by atoms with Crippen LogP contribution in [0.5, 0.6) is 5.75 Å². The molecule has 2 heterocycles. The van der Waals surface area contributed by atoms with E-state index in [1.165, 1.54) is 16.7 Å². The number of benzene rings is 3. The lowest BCUT2D eigenvalue weighted by atomic mass is 9.95. The first-order valence-electron chi connectivity index (χ1n) is 14.1. The van der Waals surface area contributed by atoms with Crippen LogP contribution in [0.25, 0.3) is 23.3 Å². The van der Waals surface area contributed by atoms with Crippen molar-refractivity contribution >= 4 is 40.7 Å². The topological polar surface area (TPSA) is 62.7 Å². The van der Waals surface area contributed by atoms with Gasteiger partial charge in [0.05, 0.1) is 5.69 Å². The van der Waals surface area contributed by atoms with E-state index in [4.69, 9.17) is 4.74 Å². The summed E-state index contributed by atoms with van der Waals surface area (Å²) in [5.74, 6) is 0.0139. The van der Waals surface area contributed by atoms with Crippen LogP contribution in [0.15, 0.2) is 79.0 Å². The molecule has 0 radical (unpaired) electrons. The second-order valence-corrected chi connectivity index (χ2v) is 11.9. The molecule has 5 nitrogen and oxygen atoms in total. The number of hydrogen-bond donors (Lipinski definition) is 1. The van der Waals surface area contributed by atoms with Gasteiger partial charge in [0.15, 0.2) is 0 Å². The number of aliphatic carboxylic acids is 1. The molecule has 1 aromatic heterocycles. The molecule has 5 rings (SSSR count). The van der Waals surface area contributed by atoms with Crippen molar-refractivity contribution < 1.29 is 14.6 Å². The number of rotatable bonds is 9. The van der Waals surface area contributed by atoms with Crippen molar-refractivity contribution in [2.24, 2.45) is 0 Å². The highest BCUT2D eigenvalue weighted by Crippen LogP contribution is 2.31. The fraction of sp³-hybridized carbons (Fsp3) is 0.257. The molecular formula is C35H35IN2O3. The summed E-state index contributed by atoms with van der Waals surface area (Å²) >= 11 is 2.28. The van der Waals surface area contributed by atoms with Gasteiger partial charge in [0.25, 0.3) is 0 Å². The molecule has 1 N–H and O–H groups in total. The number of carboxylic acids is 1. The lowest BCUT2D eigenvalue weighted by molar-refractivity contribution is -0.144. The first-order chi connectivity index (χ1) is 19.9. The molecule has 6 heteroatoms. The molecule has 41 heavy (non-hydrogen) atoms. The Bertz CT molecular complexity index is 1550.